The molecule has 1 aliphatic rings. The number of likely N-dealkylation sites (tertiary alicyclic amines) is 1. The van der Waals surface area contributed by atoms with E-state index in [0.29, 0.717) is 12.1 Å². The molecule has 0 aliphatic carbocycles. The summed E-state index contributed by atoms with van der Waals surface area (Å²) in [4.78, 5) is 13.2. The Morgan fingerprint density at radius 1 is 1.37 bits per heavy atom. The molecule has 104 valence electrons. The van der Waals surface area contributed by atoms with E-state index in [2.05, 4.69) is 43.4 Å². The molecule has 1 aromatic carbocycles. The lowest BCUT2D eigenvalue weighted by Crippen LogP contribution is -2.44. The predicted octanol–water partition coefficient (Wildman–Crippen LogP) is 2.66. The van der Waals surface area contributed by atoms with E-state index in [9.17, 15) is 4.79 Å². The highest BCUT2D eigenvalue weighted by atomic mass is 16.2. The SMILES string of the molecule is CC(=O)N1CCC(N[C@H](C)c2cccc(C)c2)CC1. The Balaban J connectivity index is 1.87. The third-order valence-electron chi connectivity index (χ3n) is 3.97. The Bertz CT molecular complexity index is 436. The highest BCUT2D eigenvalue weighted by Crippen LogP contribution is 2.18. The number of carbonyl (C=O) groups excluding carboxylic acids is 1. The molecule has 19 heavy (non-hydrogen) atoms. The maximum absolute atomic E-state index is 11.3. The molecule has 1 aliphatic heterocycles. The first-order chi connectivity index (χ1) is 9.06. The van der Waals surface area contributed by atoms with Crippen LogP contribution in [0.3, 0.4) is 0 Å². The molecule has 0 unspecified atom stereocenters. The number of amides is 1. The van der Waals surface area contributed by atoms with Crippen LogP contribution in [0.25, 0.3) is 0 Å². The molecule has 1 heterocycles. The van der Waals surface area contributed by atoms with E-state index in [-0.39, 0.29) is 5.91 Å². The van der Waals surface area contributed by atoms with Crippen molar-refractivity contribution in [1.29, 1.82) is 0 Å². The molecule has 1 aromatic rings. The van der Waals surface area contributed by atoms with Crippen LogP contribution >= 0.6 is 0 Å². The molecule has 0 spiro atoms. The fourth-order valence-corrected chi connectivity index (χ4v) is 2.75. The maximum atomic E-state index is 11.3. The highest BCUT2D eigenvalue weighted by molar-refractivity contribution is 5.73. The van der Waals surface area contributed by atoms with E-state index >= 15 is 0 Å². The van der Waals surface area contributed by atoms with Gasteiger partial charge >= 0.3 is 0 Å². The summed E-state index contributed by atoms with van der Waals surface area (Å²) in [5, 5.41) is 3.68. The van der Waals surface area contributed by atoms with Gasteiger partial charge in [-0.25, -0.2) is 0 Å². The van der Waals surface area contributed by atoms with Gasteiger partial charge in [-0.15, -0.1) is 0 Å². The molecule has 1 amide bonds. The summed E-state index contributed by atoms with van der Waals surface area (Å²) in [6.45, 7) is 7.76. The largest absolute Gasteiger partial charge is 0.343 e. The Hall–Kier alpha value is -1.35. The monoisotopic (exact) mass is 260 g/mol. The Kier molecular flexibility index (Phi) is 4.59. The molecule has 0 bridgehead atoms. The van der Waals surface area contributed by atoms with Crippen LogP contribution in [0.5, 0.6) is 0 Å². The summed E-state index contributed by atoms with van der Waals surface area (Å²) in [7, 11) is 0. The van der Waals surface area contributed by atoms with Crippen LogP contribution in [0.1, 0.15) is 43.9 Å². The van der Waals surface area contributed by atoms with Gasteiger partial charge in [0.05, 0.1) is 0 Å². The van der Waals surface area contributed by atoms with Crippen molar-refractivity contribution in [1.82, 2.24) is 10.2 Å². The molecule has 1 atom stereocenters. The number of aryl methyl sites for hydroxylation is 1. The summed E-state index contributed by atoms with van der Waals surface area (Å²) in [6, 6.07) is 9.54. The van der Waals surface area contributed by atoms with E-state index in [1.54, 1.807) is 6.92 Å². The summed E-state index contributed by atoms with van der Waals surface area (Å²) < 4.78 is 0. The summed E-state index contributed by atoms with van der Waals surface area (Å²) in [6.07, 6.45) is 2.10. The number of hydrogen-bond acceptors (Lipinski definition) is 2. The van der Waals surface area contributed by atoms with E-state index in [0.717, 1.165) is 25.9 Å². The maximum Gasteiger partial charge on any atom is 0.219 e. The zero-order valence-corrected chi connectivity index (χ0v) is 12.1. The van der Waals surface area contributed by atoms with E-state index in [1.807, 2.05) is 4.90 Å². The topological polar surface area (TPSA) is 32.3 Å². The molecule has 0 saturated carbocycles. The molecule has 1 fully saturated rings. The fraction of sp³-hybridized carbons (Fsp3) is 0.562. The average molecular weight is 260 g/mol. The molecule has 0 aromatic heterocycles. The molecule has 0 radical (unpaired) electrons. The Morgan fingerprint density at radius 3 is 2.63 bits per heavy atom. The van der Waals surface area contributed by atoms with Crippen molar-refractivity contribution in [2.75, 3.05) is 13.1 Å². The van der Waals surface area contributed by atoms with Gasteiger partial charge in [0.2, 0.25) is 5.91 Å². The van der Waals surface area contributed by atoms with Crippen molar-refractivity contribution in [3.63, 3.8) is 0 Å². The smallest absolute Gasteiger partial charge is 0.219 e. The second-order valence-corrected chi connectivity index (χ2v) is 5.58. The highest BCUT2D eigenvalue weighted by Gasteiger charge is 2.21. The van der Waals surface area contributed by atoms with E-state index in [4.69, 9.17) is 0 Å². The van der Waals surface area contributed by atoms with Crippen LogP contribution < -0.4 is 5.32 Å². The van der Waals surface area contributed by atoms with Gasteiger partial charge in [0.25, 0.3) is 0 Å². The van der Waals surface area contributed by atoms with Crippen molar-refractivity contribution in [3.05, 3.63) is 35.4 Å². The van der Waals surface area contributed by atoms with Crippen molar-refractivity contribution >= 4 is 5.91 Å². The van der Waals surface area contributed by atoms with Crippen LogP contribution in [0.15, 0.2) is 24.3 Å². The van der Waals surface area contributed by atoms with Crippen molar-refractivity contribution in [3.8, 4) is 0 Å². The Labute approximate surface area is 116 Å². The second-order valence-electron chi connectivity index (χ2n) is 5.58. The molecule has 1 N–H and O–H groups in total. The third-order valence-corrected chi connectivity index (χ3v) is 3.97. The molecular formula is C16H24N2O. The molecule has 3 heteroatoms. The first kappa shape index (κ1) is 14.1. The number of benzene rings is 1. The molecule has 2 rings (SSSR count). The average Bonchev–Trinajstić information content (AvgIpc) is 2.39. The van der Waals surface area contributed by atoms with Gasteiger partial charge in [-0.05, 0) is 32.3 Å². The quantitative estimate of drug-likeness (QED) is 0.906. The zero-order valence-electron chi connectivity index (χ0n) is 12.1. The number of rotatable bonds is 3. The predicted molar refractivity (Wildman–Crippen MR) is 78.0 cm³/mol. The normalized spacial score (nSPS) is 18.4. The van der Waals surface area contributed by atoms with Crippen molar-refractivity contribution in [2.45, 2.75) is 45.7 Å². The minimum Gasteiger partial charge on any atom is -0.343 e. The Morgan fingerprint density at radius 2 is 2.05 bits per heavy atom. The van der Waals surface area contributed by atoms with E-state index in [1.165, 1.54) is 11.1 Å². The zero-order chi connectivity index (χ0) is 13.8. The number of hydrogen-bond donors (Lipinski definition) is 1. The number of nitrogens with one attached hydrogen (secondary N) is 1. The van der Waals surface area contributed by atoms with Crippen molar-refractivity contribution in [2.24, 2.45) is 0 Å². The summed E-state index contributed by atoms with van der Waals surface area (Å²) in [5.74, 6) is 0.199. The molecule has 1 saturated heterocycles. The lowest BCUT2D eigenvalue weighted by molar-refractivity contribution is -0.129. The van der Waals surface area contributed by atoms with Crippen molar-refractivity contribution < 1.29 is 4.79 Å². The number of nitrogens with zero attached hydrogens (tertiary/aromatic N) is 1. The van der Waals surface area contributed by atoms with Gasteiger partial charge < -0.3 is 10.2 Å². The van der Waals surface area contributed by atoms with Crippen LogP contribution in [0, 0.1) is 6.92 Å². The first-order valence-electron chi connectivity index (χ1n) is 7.14. The lowest BCUT2D eigenvalue weighted by atomic mass is 10.0. The first-order valence-corrected chi connectivity index (χ1v) is 7.14. The summed E-state index contributed by atoms with van der Waals surface area (Å²) in [5.41, 5.74) is 2.64. The standard InChI is InChI=1S/C16H24N2O/c1-12-5-4-6-15(11-12)13(2)17-16-7-9-18(10-8-16)14(3)19/h4-6,11,13,16-17H,7-10H2,1-3H3/t13-/m1/s1. The number of carbonyl (C=O) groups is 1. The third kappa shape index (κ3) is 3.80. The van der Waals surface area contributed by atoms with Crippen LogP contribution in [0.2, 0.25) is 0 Å². The van der Waals surface area contributed by atoms with Gasteiger partial charge in [-0.2, -0.15) is 0 Å². The van der Waals surface area contributed by atoms with Gasteiger partial charge in [0.1, 0.15) is 0 Å². The molecular weight excluding hydrogens is 236 g/mol. The minimum atomic E-state index is 0.199. The van der Waals surface area contributed by atoms with Gasteiger partial charge in [-0.1, -0.05) is 29.8 Å². The van der Waals surface area contributed by atoms with E-state index < -0.39 is 0 Å². The lowest BCUT2D eigenvalue weighted by Gasteiger charge is -2.33. The van der Waals surface area contributed by atoms with Gasteiger partial charge in [0.15, 0.2) is 0 Å². The molecule has 3 nitrogen and oxygen atoms in total. The number of piperidine rings is 1. The fourth-order valence-electron chi connectivity index (χ4n) is 2.75. The van der Waals surface area contributed by atoms with Gasteiger partial charge in [-0.3, -0.25) is 4.79 Å². The summed E-state index contributed by atoms with van der Waals surface area (Å²) >= 11 is 0. The van der Waals surface area contributed by atoms with Crippen LogP contribution in [-0.2, 0) is 4.79 Å². The second kappa shape index (κ2) is 6.20. The van der Waals surface area contributed by atoms with Crippen LogP contribution in [0.4, 0.5) is 0 Å². The van der Waals surface area contributed by atoms with Crippen LogP contribution in [-0.4, -0.2) is 29.9 Å². The minimum absolute atomic E-state index is 0.199. The van der Waals surface area contributed by atoms with Gasteiger partial charge in [0, 0.05) is 32.1 Å².